The van der Waals surface area contributed by atoms with Gasteiger partial charge in [0, 0.05) is 6.08 Å². The standard InChI is InChI=1S/C22H16Cl2N2O3S/c1-2-28-14-8-6-13(7-9-14)25-22-26-21(27)19(30-22)12-15-10-11-18(29-15)20-16(23)4-3-5-17(20)24/h3-12H,2H2,1H3,(H,25,26,27). The lowest BCUT2D eigenvalue weighted by Gasteiger charge is -2.02. The second-order valence-corrected chi connectivity index (χ2v) is 8.05. The highest BCUT2D eigenvalue weighted by atomic mass is 35.5. The molecule has 5 nitrogen and oxygen atoms in total. The number of ether oxygens (including phenoxy) is 1. The molecule has 0 unspecified atom stereocenters. The summed E-state index contributed by atoms with van der Waals surface area (Å²) in [6.07, 6.45) is 1.66. The summed E-state index contributed by atoms with van der Waals surface area (Å²) in [5, 5.41) is 4.24. The zero-order valence-electron chi connectivity index (χ0n) is 15.8. The topological polar surface area (TPSA) is 63.8 Å². The van der Waals surface area contributed by atoms with Gasteiger partial charge in [-0.2, -0.15) is 0 Å². The third-order valence-electron chi connectivity index (χ3n) is 4.14. The maximum atomic E-state index is 12.3. The highest BCUT2D eigenvalue weighted by Crippen LogP contribution is 2.36. The van der Waals surface area contributed by atoms with E-state index in [0.29, 0.717) is 43.8 Å². The third-order valence-corrected chi connectivity index (χ3v) is 5.68. The minimum Gasteiger partial charge on any atom is -0.494 e. The molecule has 4 rings (SSSR count). The number of hydrogen-bond donors (Lipinski definition) is 1. The second kappa shape index (κ2) is 9.00. The number of aliphatic imine (C=N–C) groups is 1. The summed E-state index contributed by atoms with van der Waals surface area (Å²) in [6, 6.07) is 16.1. The van der Waals surface area contributed by atoms with Gasteiger partial charge in [-0.1, -0.05) is 29.3 Å². The monoisotopic (exact) mass is 458 g/mol. The summed E-state index contributed by atoms with van der Waals surface area (Å²) in [4.78, 5) is 17.3. The molecule has 1 N–H and O–H groups in total. The van der Waals surface area contributed by atoms with Crippen molar-refractivity contribution in [2.75, 3.05) is 6.61 Å². The molecular weight excluding hydrogens is 443 g/mol. The van der Waals surface area contributed by atoms with Crippen LogP contribution in [0.15, 0.2) is 68.9 Å². The van der Waals surface area contributed by atoms with Crippen LogP contribution in [0.3, 0.4) is 0 Å². The highest BCUT2D eigenvalue weighted by molar-refractivity contribution is 8.18. The van der Waals surface area contributed by atoms with Crippen LogP contribution >= 0.6 is 35.0 Å². The van der Waals surface area contributed by atoms with Gasteiger partial charge in [0.2, 0.25) is 0 Å². The summed E-state index contributed by atoms with van der Waals surface area (Å²) in [5.74, 6) is 1.58. The molecule has 0 aliphatic carbocycles. The fourth-order valence-electron chi connectivity index (χ4n) is 2.81. The number of halogens is 2. The van der Waals surface area contributed by atoms with Gasteiger partial charge in [0.1, 0.15) is 17.3 Å². The van der Waals surface area contributed by atoms with Crippen molar-refractivity contribution in [1.29, 1.82) is 0 Å². The van der Waals surface area contributed by atoms with E-state index in [4.69, 9.17) is 32.4 Å². The Labute approximate surface area is 187 Å². The first kappa shape index (κ1) is 20.6. The molecule has 1 amide bonds. The van der Waals surface area contributed by atoms with Crippen molar-refractivity contribution in [2.24, 2.45) is 4.99 Å². The molecule has 152 valence electrons. The van der Waals surface area contributed by atoms with E-state index in [1.807, 2.05) is 31.2 Å². The molecule has 1 aromatic heterocycles. The fraction of sp³-hybridized carbons (Fsp3) is 0.0909. The van der Waals surface area contributed by atoms with Gasteiger partial charge in [-0.25, -0.2) is 4.99 Å². The van der Waals surface area contributed by atoms with Gasteiger partial charge in [-0.3, -0.25) is 4.79 Å². The Morgan fingerprint density at radius 2 is 1.83 bits per heavy atom. The first-order valence-electron chi connectivity index (χ1n) is 9.10. The lowest BCUT2D eigenvalue weighted by molar-refractivity contribution is -0.115. The average molecular weight is 459 g/mol. The van der Waals surface area contributed by atoms with Crippen LogP contribution in [0, 0.1) is 0 Å². The molecule has 0 atom stereocenters. The largest absolute Gasteiger partial charge is 0.494 e. The summed E-state index contributed by atoms with van der Waals surface area (Å²) in [6.45, 7) is 2.53. The van der Waals surface area contributed by atoms with Crippen LogP contribution in [0.4, 0.5) is 5.69 Å². The fourth-order valence-corrected chi connectivity index (χ4v) is 4.21. The van der Waals surface area contributed by atoms with Crippen LogP contribution in [-0.2, 0) is 4.79 Å². The van der Waals surface area contributed by atoms with Crippen molar-refractivity contribution >= 4 is 57.8 Å². The lowest BCUT2D eigenvalue weighted by Crippen LogP contribution is -2.19. The van der Waals surface area contributed by atoms with Crippen molar-refractivity contribution in [3.05, 3.63) is 75.3 Å². The third kappa shape index (κ3) is 4.56. The zero-order chi connectivity index (χ0) is 21.1. The van der Waals surface area contributed by atoms with Gasteiger partial charge < -0.3 is 14.5 Å². The van der Waals surface area contributed by atoms with Crippen molar-refractivity contribution in [2.45, 2.75) is 6.92 Å². The molecular formula is C22H16Cl2N2O3S. The normalized spacial score (nSPS) is 16.3. The molecule has 1 aliphatic rings. The van der Waals surface area contributed by atoms with Crippen LogP contribution < -0.4 is 10.1 Å². The zero-order valence-corrected chi connectivity index (χ0v) is 18.1. The maximum absolute atomic E-state index is 12.3. The number of nitrogens with zero attached hydrogens (tertiary/aromatic N) is 1. The Hall–Kier alpha value is -2.67. The highest BCUT2D eigenvalue weighted by Gasteiger charge is 2.24. The Bertz CT molecular complexity index is 1130. The molecule has 0 bridgehead atoms. The predicted octanol–water partition coefficient (Wildman–Crippen LogP) is 6.54. The number of carbonyl (C=O) groups is 1. The summed E-state index contributed by atoms with van der Waals surface area (Å²) in [7, 11) is 0. The Morgan fingerprint density at radius 1 is 1.10 bits per heavy atom. The van der Waals surface area contributed by atoms with Crippen LogP contribution in [0.5, 0.6) is 5.75 Å². The quantitative estimate of drug-likeness (QED) is 0.440. The number of amides is 1. The van der Waals surface area contributed by atoms with Gasteiger partial charge in [0.15, 0.2) is 5.17 Å². The number of thioether (sulfide) groups is 1. The van der Waals surface area contributed by atoms with Crippen molar-refractivity contribution in [3.8, 4) is 17.1 Å². The first-order chi connectivity index (χ1) is 14.5. The number of furan rings is 1. The lowest BCUT2D eigenvalue weighted by atomic mass is 10.2. The number of benzene rings is 2. The molecule has 1 saturated heterocycles. The predicted molar refractivity (Wildman–Crippen MR) is 123 cm³/mol. The van der Waals surface area contributed by atoms with E-state index in [2.05, 4.69) is 10.3 Å². The molecule has 30 heavy (non-hydrogen) atoms. The Kier molecular flexibility index (Phi) is 6.18. The van der Waals surface area contributed by atoms with Gasteiger partial charge >= 0.3 is 0 Å². The van der Waals surface area contributed by atoms with Crippen LogP contribution in [0.2, 0.25) is 10.0 Å². The second-order valence-electron chi connectivity index (χ2n) is 6.21. The van der Waals surface area contributed by atoms with Gasteiger partial charge in [0.05, 0.1) is 32.8 Å². The minimum absolute atomic E-state index is 0.238. The van der Waals surface area contributed by atoms with Crippen LogP contribution in [0.1, 0.15) is 12.7 Å². The number of nitrogens with one attached hydrogen (secondary N) is 1. The summed E-state index contributed by atoms with van der Waals surface area (Å²) in [5.41, 5.74) is 1.34. The SMILES string of the molecule is CCOc1ccc(N=C2NC(=O)C(=Cc3ccc(-c4c(Cl)cccc4Cl)o3)S2)cc1. The maximum Gasteiger partial charge on any atom is 0.264 e. The molecule has 3 aromatic rings. The molecule has 1 fully saturated rings. The Balaban J connectivity index is 1.53. The van der Waals surface area contributed by atoms with Gasteiger partial charge in [0.25, 0.3) is 5.91 Å². The van der Waals surface area contributed by atoms with Crippen LogP contribution in [-0.4, -0.2) is 17.7 Å². The van der Waals surface area contributed by atoms with Crippen LogP contribution in [0.25, 0.3) is 17.4 Å². The Morgan fingerprint density at radius 3 is 2.53 bits per heavy atom. The van der Waals surface area contributed by atoms with E-state index in [-0.39, 0.29) is 5.91 Å². The molecule has 1 aliphatic heterocycles. The van der Waals surface area contributed by atoms with Gasteiger partial charge in [-0.05, 0) is 67.2 Å². The number of amidine groups is 1. The number of rotatable bonds is 5. The smallest absolute Gasteiger partial charge is 0.264 e. The number of hydrogen-bond acceptors (Lipinski definition) is 5. The van der Waals surface area contributed by atoms with E-state index in [1.54, 1.807) is 36.4 Å². The van der Waals surface area contributed by atoms with E-state index >= 15 is 0 Å². The van der Waals surface area contributed by atoms with Gasteiger partial charge in [-0.15, -0.1) is 0 Å². The molecule has 0 radical (unpaired) electrons. The molecule has 0 spiro atoms. The summed E-state index contributed by atoms with van der Waals surface area (Å²) >= 11 is 13.7. The van der Waals surface area contributed by atoms with E-state index in [9.17, 15) is 4.79 Å². The number of carbonyl (C=O) groups excluding carboxylic acids is 1. The minimum atomic E-state index is -0.238. The van der Waals surface area contributed by atoms with Crippen molar-refractivity contribution in [3.63, 3.8) is 0 Å². The van der Waals surface area contributed by atoms with Crippen molar-refractivity contribution in [1.82, 2.24) is 5.32 Å². The van der Waals surface area contributed by atoms with E-state index < -0.39 is 0 Å². The van der Waals surface area contributed by atoms with E-state index in [1.165, 1.54) is 11.8 Å². The molecule has 2 heterocycles. The summed E-state index contributed by atoms with van der Waals surface area (Å²) < 4.78 is 11.3. The molecule has 0 saturated carbocycles. The first-order valence-corrected chi connectivity index (χ1v) is 10.7. The average Bonchev–Trinajstić information content (AvgIpc) is 3.30. The molecule has 8 heteroatoms. The molecule has 2 aromatic carbocycles. The van der Waals surface area contributed by atoms with E-state index in [0.717, 1.165) is 11.4 Å². The van der Waals surface area contributed by atoms with Crippen molar-refractivity contribution < 1.29 is 13.9 Å².